The summed E-state index contributed by atoms with van der Waals surface area (Å²) in [5, 5.41) is 10.3. The molecule has 1 N–H and O–H groups in total. The lowest BCUT2D eigenvalue weighted by atomic mass is 9.81. The summed E-state index contributed by atoms with van der Waals surface area (Å²) in [4.78, 5) is 0. The molecule has 86 valence electrons. The summed E-state index contributed by atoms with van der Waals surface area (Å²) in [6, 6.07) is 0. The Morgan fingerprint density at radius 2 is 1.80 bits per heavy atom. The molecule has 3 fully saturated rings. The van der Waals surface area contributed by atoms with Gasteiger partial charge in [0.1, 0.15) is 0 Å². The molecule has 0 amide bonds. The Morgan fingerprint density at radius 1 is 1.00 bits per heavy atom. The van der Waals surface area contributed by atoms with Crippen molar-refractivity contribution in [3.05, 3.63) is 0 Å². The predicted molar refractivity (Wildman–Crippen MR) is 61.5 cm³/mol. The van der Waals surface area contributed by atoms with Crippen molar-refractivity contribution >= 4 is 0 Å². The summed E-state index contributed by atoms with van der Waals surface area (Å²) in [5.74, 6) is 3.42. The fourth-order valence-corrected chi connectivity index (χ4v) is 4.53. The minimum absolute atomic E-state index is 0.0448. The fraction of sp³-hybridized carbons (Fsp3) is 1.00. The molecule has 1 nitrogen and oxygen atoms in total. The van der Waals surface area contributed by atoms with Crippen molar-refractivity contribution < 1.29 is 5.11 Å². The van der Waals surface area contributed by atoms with Crippen LogP contribution in [0.2, 0.25) is 0 Å². The molecule has 2 bridgehead atoms. The van der Waals surface area contributed by atoms with Gasteiger partial charge in [-0.25, -0.2) is 0 Å². The molecule has 0 aromatic rings. The molecule has 3 rings (SSSR count). The summed E-state index contributed by atoms with van der Waals surface area (Å²) in [6.07, 6.45) is 12.4. The van der Waals surface area contributed by atoms with Crippen molar-refractivity contribution in [3.63, 3.8) is 0 Å². The highest BCUT2D eigenvalue weighted by atomic mass is 16.3. The standard InChI is InChI=1S/C14H24O/c15-14(9-10-3-1-2-4-10)13-8-11-5-6-12(13)7-11/h10-15H,1-9H2. The van der Waals surface area contributed by atoms with Crippen LogP contribution >= 0.6 is 0 Å². The highest BCUT2D eigenvalue weighted by molar-refractivity contribution is 4.93. The monoisotopic (exact) mass is 208 g/mol. The quantitative estimate of drug-likeness (QED) is 0.754. The minimum Gasteiger partial charge on any atom is -0.393 e. The van der Waals surface area contributed by atoms with E-state index in [-0.39, 0.29) is 6.10 Å². The molecule has 15 heavy (non-hydrogen) atoms. The average Bonchev–Trinajstić information content (AvgIpc) is 2.93. The third-order valence-electron chi connectivity index (χ3n) is 5.34. The van der Waals surface area contributed by atoms with Crippen LogP contribution in [0.5, 0.6) is 0 Å². The van der Waals surface area contributed by atoms with Gasteiger partial charge in [-0.2, -0.15) is 0 Å². The van der Waals surface area contributed by atoms with Crippen LogP contribution in [0.15, 0.2) is 0 Å². The molecule has 3 aliphatic rings. The number of fused-ring (bicyclic) bond motifs is 2. The maximum Gasteiger partial charge on any atom is 0.0573 e. The second-order valence-corrected chi connectivity index (χ2v) is 6.29. The maximum atomic E-state index is 10.3. The van der Waals surface area contributed by atoms with Crippen molar-refractivity contribution in [2.75, 3.05) is 0 Å². The van der Waals surface area contributed by atoms with E-state index < -0.39 is 0 Å². The first-order chi connectivity index (χ1) is 7.33. The zero-order valence-electron chi connectivity index (χ0n) is 9.70. The lowest BCUT2D eigenvalue weighted by molar-refractivity contribution is 0.0539. The fourth-order valence-electron chi connectivity index (χ4n) is 4.53. The van der Waals surface area contributed by atoms with Crippen LogP contribution in [-0.4, -0.2) is 11.2 Å². The van der Waals surface area contributed by atoms with Crippen LogP contribution in [0.1, 0.15) is 57.8 Å². The van der Waals surface area contributed by atoms with Crippen LogP contribution in [0.25, 0.3) is 0 Å². The average molecular weight is 208 g/mol. The number of hydrogen-bond acceptors (Lipinski definition) is 1. The van der Waals surface area contributed by atoms with Gasteiger partial charge in [-0.1, -0.05) is 32.1 Å². The number of aliphatic hydroxyl groups is 1. The van der Waals surface area contributed by atoms with E-state index in [4.69, 9.17) is 0 Å². The first kappa shape index (κ1) is 10.1. The molecule has 3 saturated carbocycles. The summed E-state index contributed by atoms with van der Waals surface area (Å²) in [6.45, 7) is 0. The number of rotatable bonds is 3. The van der Waals surface area contributed by atoms with Gasteiger partial charge < -0.3 is 5.11 Å². The first-order valence-electron chi connectivity index (χ1n) is 7.01. The van der Waals surface area contributed by atoms with Crippen molar-refractivity contribution in [1.29, 1.82) is 0 Å². The highest BCUT2D eigenvalue weighted by Crippen LogP contribution is 2.50. The van der Waals surface area contributed by atoms with Gasteiger partial charge in [-0.05, 0) is 49.4 Å². The van der Waals surface area contributed by atoms with Gasteiger partial charge in [-0.3, -0.25) is 0 Å². The largest absolute Gasteiger partial charge is 0.393 e. The van der Waals surface area contributed by atoms with Crippen LogP contribution in [0.3, 0.4) is 0 Å². The molecule has 0 aliphatic heterocycles. The second kappa shape index (κ2) is 4.08. The maximum absolute atomic E-state index is 10.3. The van der Waals surface area contributed by atoms with Crippen LogP contribution < -0.4 is 0 Å². The number of aliphatic hydroxyl groups excluding tert-OH is 1. The van der Waals surface area contributed by atoms with Crippen molar-refractivity contribution in [2.45, 2.75) is 63.9 Å². The summed E-state index contributed by atoms with van der Waals surface area (Å²) >= 11 is 0. The molecular weight excluding hydrogens is 184 g/mol. The van der Waals surface area contributed by atoms with Gasteiger partial charge >= 0.3 is 0 Å². The Labute approximate surface area is 93.3 Å². The van der Waals surface area contributed by atoms with E-state index in [9.17, 15) is 5.11 Å². The summed E-state index contributed by atoms with van der Waals surface area (Å²) in [7, 11) is 0. The van der Waals surface area contributed by atoms with Gasteiger partial charge in [0.05, 0.1) is 6.10 Å². The van der Waals surface area contributed by atoms with Crippen molar-refractivity contribution in [3.8, 4) is 0 Å². The van der Waals surface area contributed by atoms with Gasteiger partial charge in [0.15, 0.2) is 0 Å². The molecule has 0 spiro atoms. The third-order valence-corrected chi connectivity index (χ3v) is 5.34. The molecule has 0 aromatic heterocycles. The first-order valence-corrected chi connectivity index (χ1v) is 7.01. The Hall–Kier alpha value is -0.0400. The molecule has 0 radical (unpaired) electrons. The third kappa shape index (κ3) is 1.95. The Balaban J connectivity index is 1.53. The summed E-state index contributed by atoms with van der Waals surface area (Å²) in [5.41, 5.74) is 0. The van der Waals surface area contributed by atoms with E-state index >= 15 is 0 Å². The molecule has 1 heteroatoms. The molecule has 3 aliphatic carbocycles. The van der Waals surface area contributed by atoms with Gasteiger partial charge in [0.25, 0.3) is 0 Å². The predicted octanol–water partition coefficient (Wildman–Crippen LogP) is 3.36. The zero-order chi connectivity index (χ0) is 10.3. The van der Waals surface area contributed by atoms with E-state index in [1.165, 1.54) is 51.4 Å². The van der Waals surface area contributed by atoms with Crippen LogP contribution in [0, 0.1) is 23.7 Å². The topological polar surface area (TPSA) is 20.2 Å². The molecular formula is C14H24O. The molecule has 4 unspecified atom stereocenters. The second-order valence-electron chi connectivity index (χ2n) is 6.29. The molecule has 0 aromatic carbocycles. The zero-order valence-corrected chi connectivity index (χ0v) is 9.70. The number of hydrogen-bond donors (Lipinski definition) is 1. The Bertz CT molecular complexity index is 219. The molecule has 4 atom stereocenters. The SMILES string of the molecule is OC(CC1CCCC1)C1CC2CCC1C2. The van der Waals surface area contributed by atoms with Crippen molar-refractivity contribution in [2.24, 2.45) is 23.7 Å². The Kier molecular flexibility index (Phi) is 2.76. The van der Waals surface area contributed by atoms with Crippen molar-refractivity contribution in [1.82, 2.24) is 0 Å². The molecule has 0 saturated heterocycles. The van der Waals surface area contributed by atoms with E-state index in [1.807, 2.05) is 0 Å². The summed E-state index contributed by atoms with van der Waals surface area (Å²) < 4.78 is 0. The van der Waals surface area contributed by atoms with Gasteiger partial charge in [0, 0.05) is 0 Å². The molecule has 0 heterocycles. The van der Waals surface area contributed by atoms with Crippen LogP contribution in [0.4, 0.5) is 0 Å². The minimum atomic E-state index is 0.0448. The van der Waals surface area contributed by atoms with Crippen LogP contribution in [-0.2, 0) is 0 Å². The van der Waals surface area contributed by atoms with E-state index in [0.29, 0.717) is 5.92 Å². The van der Waals surface area contributed by atoms with E-state index in [1.54, 1.807) is 0 Å². The van der Waals surface area contributed by atoms with Gasteiger partial charge in [-0.15, -0.1) is 0 Å². The smallest absolute Gasteiger partial charge is 0.0573 e. The highest BCUT2D eigenvalue weighted by Gasteiger charge is 2.42. The van der Waals surface area contributed by atoms with E-state index in [2.05, 4.69) is 0 Å². The lowest BCUT2D eigenvalue weighted by Crippen LogP contribution is -2.27. The van der Waals surface area contributed by atoms with E-state index in [0.717, 1.165) is 24.2 Å². The Morgan fingerprint density at radius 3 is 2.40 bits per heavy atom. The lowest BCUT2D eigenvalue weighted by Gasteiger charge is -2.28. The van der Waals surface area contributed by atoms with Gasteiger partial charge in [0.2, 0.25) is 0 Å². The normalized spacial score (nSPS) is 42.6.